The molecule has 0 saturated heterocycles. The van der Waals surface area contributed by atoms with Crippen molar-refractivity contribution in [2.75, 3.05) is 19.0 Å². The van der Waals surface area contributed by atoms with Crippen LogP contribution in [0.4, 0.5) is 14.5 Å². The van der Waals surface area contributed by atoms with E-state index in [1.54, 1.807) is 13.2 Å². The molecule has 0 spiro atoms. The Bertz CT molecular complexity index is 348. The number of alkyl halides is 2. The van der Waals surface area contributed by atoms with Gasteiger partial charge in [-0.3, -0.25) is 0 Å². The molecule has 0 bridgehead atoms. The molecule has 1 aromatic rings. The zero-order chi connectivity index (χ0) is 12.1. The molecule has 0 aromatic carbocycles. The highest BCUT2D eigenvalue weighted by Gasteiger charge is 2.12. The summed E-state index contributed by atoms with van der Waals surface area (Å²) < 4.78 is 29.0. The SMILES string of the molecule is CNc1cnc(OCC(F)F)c(C(C)C)c1.Cl. The molecule has 98 valence electrons. The fourth-order valence-corrected chi connectivity index (χ4v) is 1.28. The van der Waals surface area contributed by atoms with Crippen LogP contribution in [0.5, 0.6) is 5.88 Å². The molecule has 0 aliphatic rings. The monoisotopic (exact) mass is 266 g/mol. The number of nitrogens with zero attached hydrogens (tertiary/aromatic N) is 1. The lowest BCUT2D eigenvalue weighted by atomic mass is 10.0. The van der Waals surface area contributed by atoms with Gasteiger partial charge in [0.05, 0.1) is 11.9 Å². The van der Waals surface area contributed by atoms with Crippen LogP contribution < -0.4 is 10.1 Å². The van der Waals surface area contributed by atoms with Crippen molar-refractivity contribution >= 4 is 18.1 Å². The number of anilines is 1. The van der Waals surface area contributed by atoms with E-state index in [-0.39, 0.29) is 24.2 Å². The Balaban J connectivity index is 0.00000256. The zero-order valence-electron chi connectivity index (χ0n) is 10.0. The van der Waals surface area contributed by atoms with E-state index in [9.17, 15) is 8.78 Å². The molecular weight excluding hydrogens is 250 g/mol. The molecule has 1 heterocycles. The number of hydrogen-bond acceptors (Lipinski definition) is 3. The van der Waals surface area contributed by atoms with E-state index in [0.717, 1.165) is 11.3 Å². The van der Waals surface area contributed by atoms with E-state index in [2.05, 4.69) is 10.3 Å². The van der Waals surface area contributed by atoms with Crippen molar-refractivity contribution in [3.8, 4) is 5.88 Å². The number of aromatic nitrogens is 1. The van der Waals surface area contributed by atoms with Crippen LogP contribution in [0.2, 0.25) is 0 Å². The number of halogens is 3. The Morgan fingerprint density at radius 1 is 1.41 bits per heavy atom. The van der Waals surface area contributed by atoms with E-state index >= 15 is 0 Å². The first kappa shape index (κ1) is 15.9. The van der Waals surface area contributed by atoms with Crippen molar-refractivity contribution in [3.63, 3.8) is 0 Å². The second kappa shape index (κ2) is 7.27. The summed E-state index contributed by atoms with van der Waals surface area (Å²) in [6, 6.07) is 1.86. The lowest BCUT2D eigenvalue weighted by Crippen LogP contribution is -2.10. The van der Waals surface area contributed by atoms with Crippen LogP contribution in [0.3, 0.4) is 0 Å². The third-order valence-electron chi connectivity index (χ3n) is 2.14. The molecule has 0 radical (unpaired) electrons. The number of ether oxygens (including phenoxy) is 1. The van der Waals surface area contributed by atoms with E-state index < -0.39 is 13.0 Å². The molecule has 1 rings (SSSR count). The Morgan fingerprint density at radius 2 is 2.06 bits per heavy atom. The van der Waals surface area contributed by atoms with Crippen LogP contribution in [0.15, 0.2) is 12.3 Å². The highest BCUT2D eigenvalue weighted by Crippen LogP contribution is 2.27. The first-order chi connectivity index (χ1) is 7.54. The smallest absolute Gasteiger partial charge is 0.272 e. The summed E-state index contributed by atoms with van der Waals surface area (Å²) in [5.41, 5.74) is 1.67. The molecule has 3 nitrogen and oxygen atoms in total. The second-order valence-corrected chi connectivity index (χ2v) is 3.73. The van der Waals surface area contributed by atoms with Gasteiger partial charge in [0.25, 0.3) is 6.43 Å². The van der Waals surface area contributed by atoms with E-state index in [0.29, 0.717) is 0 Å². The molecule has 0 saturated carbocycles. The van der Waals surface area contributed by atoms with E-state index in [1.807, 2.05) is 19.9 Å². The van der Waals surface area contributed by atoms with Crippen molar-refractivity contribution in [3.05, 3.63) is 17.8 Å². The summed E-state index contributed by atoms with van der Waals surface area (Å²) in [5.74, 6) is 0.461. The fraction of sp³-hybridized carbons (Fsp3) is 0.545. The van der Waals surface area contributed by atoms with Crippen LogP contribution in [0.1, 0.15) is 25.3 Å². The Hall–Kier alpha value is -1.10. The summed E-state index contributed by atoms with van der Waals surface area (Å²) in [6.45, 7) is 3.31. The Kier molecular flexibility index (Phi) is 6.80. The third-order valence-corrected chi connectivity index (χ3v) is 2.14. The van der Waals surface area contributed by atoms with Gasteiger partial charge in [-0.25, -0.2) is 13.8 Å². The van der Waals surface area contributed by atoms with Crippen LogP contribution in [-0.4, -0.2) is 25.1 Å². The van der Waals surface area contributed by atoms with Crippen LogP contribution in [-0.2, 0) is 0 Å². The quantitative estimate of drug-likeness (QED) is 0.888. The minimum Gasteiger partial charge on any atom is -0.471 e. The van der Waals surface area contributed by atoms with Crippen molar-refractivity contribution in [1.82, 2.24) is 4.98 Å². The first-order valence-electron chi connectivity index (χ1n) is 5.13. The largest absolute Gasteiger partial charge is 0.471 e. The average Bonchev–Trinajstić information content (AvgIpc) is 2.25. The van der Waals surface area contributed by atoms with Gasteiger partial charge >= 0.3 is 0 Å². The van der Waals surface area contributed by atoms with Crippen LogP contribution in [0.25, 0.3) is 0 Å². The molecule has 0 aliphatic carbocycles. The van der Waals surface area contributed by atoms with Gasteiger partial charge < -0.3 is 10.1 Å². The lowest BCUT2D eigenvalue weighted by Gasteiger charge is -2.14. The predicted octanol–water partition coefficient (Wildman–Crippen LogP) is 3.31. The maximum atomic E-state index is 12.0. The third kappa shape index (κ3) is 4.73. The summed E-state index contributed by atoms with van der Waals surface area (Å²) in [4.78, 5) is 4.02. The summed E-state index contributed by atoms with van der Waals surface area (Å²) in [6.07, 6.45) is -0.919. The molecule has 0 aliphatic heterocycles. The predicted molar refractivity (Wildman–Crippen MR) is 66.6 cm³/mol. The van der Waals surface area contributed by atoms with E-state index in [4.69, 9.17) is 4.74 Å². The fourth-order valence-electron chi connectivity index (χ4n) is 1.28. The van der Waals surface area contributed by atoms with Gasteiger partial charge in [-0.15, -0.1) is 12.4 Å². The van der Waals surface area contributed by atoms with Gasteiger partial charge in [0.15, 0.2) is 6.61 Å². The van der Waals surface area contributed by atoms with Gasteiger partial charge in [-0.1, -0.05) is 13.8 Å². The number of hydrogen-bond donors (Lipinski definition) is 1. The van der Waals surface area contributed by atoms with Crippen molar-refractivity contribution < 1.29 is 13.5 Å². The molecule has 17 heavy (non-hydrogen) atoms. The Morgan fingerprint density at radius 3 is 2.53 bits per heavy atom. The molecule has 0 unspecified atom stereocenters. The minimum absolute atomic E-state index is 0. The summed E-state index contributed by atoms with van der Waals surface area (Å²) in [7, 11) is 1.78. The van der Waals surface area contributed by atoms with Crippen molar-refractivity contribution in [2.45, 2.75) is 26.2 Å². The first-order valence-corrected chi connectivity index (χ1v) is 5.13. The van der Waals surface area contributed by atoms with Gasteiger partial charge in [0.2, 0.25) is 5.88 Å². The maximum absolute atomic E-state index is 12.0. The minimum atomic E-state index is -2.48. The normalized spacial score (nSPS) is 10.3. The molecular formula is C11H17ClF2N2O. The molecule has 0 amide bonds. The highest BCUT2D eigenvalue weighted by molar-refractivity contribution is 5.85. The number of pyridine rings is 1. The van der Waals surface area contributed by atoms with Gasteiger partial charge in [-0.05, 0) is 12.0 Å². The van der Waals surface area contributed by atoms with E-state index in [1.165, 1.54) is 0 Å². The maximum Gasteiger partial charge on any atom is 0.272 e. The van der Waals surface area contributed by atoms with Gasteiger partial charge in [-0.2, -0.15) is 0 Å². The van der Waals surface area contributed by atoms with Crippen molar-refractivity contribution in [1.29, 1.82) is 0 Å². The second-order valence-electron chi connectivity index (χ2n) is 3.73. The average molecular weight is 267 g/mol. The standard InChI is InChI=1S/C11H16F2N2O.ClH/c1-7(2)9-4-8(14-3)5-15-11(9)16-6-10(12)13;/h4-5,7,10,14H,6H2,1-3H3;1H. The van der Waals surface area contributed by atoms with Gasteiger partial charge in [0, 0.05) is 12.6 Å². The van der Waals surface area contributed by atoms with Crippen LogP contribution >= 0.6 is 12.4 Å². The molecule has 1 N–H and O–H groups in total. The Labute approximate surface area is 106 Å². The summed E-state index contributed by atoms with van der Waals surface area (Å²) >= 11 is 0. The highest BCUT2D eigenvalue weighted by atomic mass is 35.5. The number of nitrogens with one attached hydrogen (secondary N) is 1. The van der Waals surface area contributed by atoms with Crippen LogP contribution in [0, 0.1) is 0 Å². The molecule has 0 fully saturated rings. The summed E-state index contributed by atoms with van der Waals surface area (Å²) in [5, 5.41) is 2.95. The van der Waals surface area contributed by atoms with Crippen molar-refractivity contribution in [2.24, 2.45) is 0 Å². The lowest BCUT2D eigenvalue weighted by molar-refractivity contribution is 0.0789. The molecule has 0 atom stereocenters. The zero-order valence-corrected chi connectivity index (χ0v) is 10.9. The molecule has 1 aromatic heterocycles. The van der Waals surface area contributed by atoms with Gasteiger partial charge in [0.1, 0.15) is 0 Å². The topological polar surface area (TPSA) is 34.2 Å². The number of rotatable bonds is 5. The molecule has 6 heteroatoms.